The molecule has 0 bridgehead atoms. The molecule has 0 fully saturated rings. The van der Waals surface area contributed by atoms with E-state index in [1.54, 1.807) is 24.8 Å². The lowest BCUT2D eigenvalue weighted by molar-refractivity contribution is -0.116. The zero-order valence-electron chi connectivity index (χ0n) is 24.3. The number of hydrogen-bond donors (Lipinski definition) is 2. The van der Waals surface area contributed by atoms with Gasteiger partial charge in [-0.15, -0.1) is 11.3 Å². The van der Waals surface area contributed by atoms with Gasteiger partial charge in [0.05, 0.1) is 37.6 Å². The van der Waals surface area contributed by atoms with Gasteiger partial charge >= 0.3 is 6.09 Å². The molecule has 0 spiro atoms. The number of sulfonamides is 1. The first-order valence-corrected chi connectivity index (χ1v) is 16.8. The molecule has 230 valence electrons. The van der Waals surface area contributed by atoms with Crippen molar-refractivity contribution < 1.29 is 27.9 Å². The number of hydrogen-bond acceptors (Lipinski definition) is 10. The minimum Gasteiger partial charge on any atom is -0.444 e. The Balaban J connectivity index is 1.57. The highest BCUT2D eigenvalue weighted by molar-refractivity contribution is 7.89. The van der Waals surface area contributed by atoms with E-state index in [4.69, 9.17) is 4.74 Å². The number of carbonyl (C=O) groups excluding carboxylic acids is 2. The van der Waals surface area contributed by atoms with E-state index in [0.717, 1.165) is 10.4 Å². The largest absolute Gasteiger partial charge is 0.444 e. The Morgan fingerprint density at radius 1 is 1.12 bits per heavy atom. The van der Waals surface area contributed by atoms with Crippen LogP contribution in [0.1, 0.15) is 31.2 Å². The average Bonchev–Trinajstić information content (AvgIpc) is 3.65. The highest BCUT2D eigenvalue weighted by atomic mass is 32.2. The molecule has 2 unspecified atom stereocenters. The van der Waals surface area contributed by atoms with Gasteiger partial charge in [-0.1, -0.05) is 55.5 Å². The highest BCUT2D eigenvalue weighted by Gasteiger charge is 2.32. The van der Waals surface area contributed by atoms with Gasteiger partial charge in [-0.05, 0) is 36.1 Å². The van der Waals surface area contributed by atoms with Crippen LogP contribution in [0.2, 0.25) is 0 Å². The van der Waals surface area contributed by atoms with Crippen LogP contribution in [0.5, 0.6) is 0 Å². The fourth-order valence-corrected chi connectivity index (χ4v) is 7.53. The number of carbonyl (C=O) groups is 2. The number of aromatic nitrogens is 2. The molecule has 14 heteroatoms. The van der Waals surface area contributed by atoms with Gasteiger partial charge in [0.25, 0.3) is 0 Å². The summed E-state index contributed by atoms with van der Waals surface area (Å²) >= 11 is 2.57. The Bertz CT molecular complexity index is 1630. The molecule has 4 rings (SSSR count). The van der Waals surface area contributed by atoms with Crippen LogP contribution in [0, 0.1) is 5.92 Å². The third-order valence-corrected chi connectivity index (χ3v) is 10.3. The number of amides is 2. The Labute approximate surface area is 259 Å². The highest BCUT2D eigenvalue weighted by Crippen LogP contribution is 2.31. The van der Waals surface area contributed by atoms with Gasteiger partial charge in [-0.25, -0.2) is 18.2 Å². The summed E-state index contributed by atoms with van der Waals surface area (Å²) in [5.41, 5.74) is 3.07. The molecule has 0 saturated heterocycles. The summed E-state index contributed by atoms with van der Waals surface area (Å²) in [5, 5.41) is 14.6. The summed E-state index contributed by atoms with van der Waals surface area (Å²) < 4.78 is 35.1. The second-order valence-electron chi connectivity index (χ2n) is 10.5. The molecule has 0 aliphatic rings. The van der Waals surface area contributed by atoms with Gasteiger partial charge in [0.1, 0.15) is 6.61 Å². The lowest BCUT2D eigenvalue weighted by atomic mass is 10.0. The van der Waals surface area contributed by atoms with Gasteiger partial charge in [-0.3, -0.25) is 14.7 Å². The number of ether oxygens (including phenoxy) is 1. The molecule has 0 radical (unpaired) electrons. The predicted molar refractivity (Wildman–Crippen MR) is 168 cm³/mol. The van der Waals surface area contributed by atoms with Crippen LogP contribution in [-0.2, 0) is 32.6 Å². The van der Waals surface area contributed by atoms with E-state index in [1.165, 1.54) is 50.9 Å². The quantitative estimate of drug-likeness (QED) is 0.220. The Morgan fingerprint density at radius 2 is 1.86 bits per heavy atom. The number of alkyl carbamates (subject to hydrolysis) is 1. The number of aliphatic hydroxyl groups is 1. The smallest absolute Gasteiger partial charge is 0.407 e. The normalized spacial score (nSPS) is 13.3. The minimum atomic E-state index is -4.06. The third kappa shape index (κ3) is 8.57. The number of fused-ring (bicyclic) bond motifs is 1. The molecule has 2 atom stereocenters. The Kier molecular flexibility index (Phi) is 10.8. The molecule has 2 aromatic heterocycles. The van der Waals surface area contributed by atoms with Gasteiger partial charge in [-0.2, -0.15) is 4.31 Å². The second-order valence-corrected chi connectivity index (χ2v) is 14.4. The van der Waals surface area contributed by atoms with Crippen molar-refractivity contribution in [2.75, 3.05) is 25.0 Å². The molecule has 0 aliphatic heterocycles. The number of rotatable bonds is 13. The fourth-order valence-electron chi connectivity index (χ4n) is 4.29. The van der Waals surface area contributed by atoms with Crippen LogP contribution in [0.15, 0.2) is 65.1 Å². The van der Waals surface area contributed by atoms with Gasteiger partial charge in [0.2, 0.25) is 15.9 Å². The maximum Gasteiger partial charge on any atom is 0.407 e. The molecule has 2 heterocycles. The summed E-state index contributed by atoms with van der Waals surface area (Å²) in [6.45, 7) is 5.13. The zero-order chi connectivity index (χ0) is 31.1. The molecule has 2 aromatic carbocycles. The molecule has 2 amide bonds. The lowest BCUT2D eigenvalue weighted by Gasteiger charge is -2.30. The Morgan fingerprint density at radius 3 is 2.51 bits per heavy atom. The van der Waals surface area contributed by atoms with Crippen molar-refractivity contribution in [3.05, 3.63) is 70.7 Å². The van der Waals surface area contributed by atoms with E-state index in [9.17, 15) is 23.1 Å². The summed E-state index contributed by atoms with van der Waals surface area (Å²) in [4.78, 5) is 35.1. The standard InChI is InChI=1S/C29H35N5O6S3/c1-19(2)15-34(43(38,39)23-10-11-24-27(13-23)42-28(31-24)33(4)20(3)35)16-26(36)25(12-21-8-6-5-7-9-21)32-29(37)40-17-22-14-30-18-41-22/h5-11,13-14,18-19,25-26,36H,12,15-17H2,1-4H3,(H,32,37). The van der Waals surface area contributed by atoms with Crippen LogP contribution in [0.25, 0.3) is 10.2 Å². The number of thiazole rings is 2. The van der Waals surface area contributed by atoms with Crippen molar-refractivity contribution in [1.82, 2.24) is 19.6 Å². The maximum atomic E-state index is 14.0. The number of anilines is 1. The van der Waals surface area contributed by atoms with E-state index in [-0.39, 0.29) is 42.8 Å². The average molecular weight is 646 g/mol. The second kappa shape index (κ2) is 14.4. The summed E-state index contributed by atoms with van der Waals surface area (Å²) in [7, 11) is -2.45. The molecule has 4 aromatic rings. The third-order valence-electron chi connectivity index (χ3n) is 6.60. The molecule has 0 saturated carbocycles. The van der Waals surface area contributed by atoms with Crippen molar-refractivity contribution >= 4 is 60.0 Å². The summed E-state index contributed by atoms with van der Waals surface area (Å²) in [6.07, 6.45) is -0.122. The number of aliphatic hydroxyl groups excluding tert-OH is 1. The van der Waals surface area contributed by atoms with Gasteiger partial charge < -0.3 is 15.2 Å². The molecule has 2 N–H and O–H groups in total. The summed E-state index contributed by atoms with van der Waals surface area (Å²) in [5.74, 6) is -0.232. The van der Waals surface area contributed by atoms with Crippen LogP contribution in [0.3, 0.4) is 0 Å². The Hall–Kier alpha value is -3.43. The molecule has 11 nitrogen and oxygen atoms in total. The monoisotopic (exact) mass is 645 g/mol. The molecular weight excluding hydrogens is 611 g/mol. The SMILES string of the molecule is CC(=O)N(C)c1nc2ccc(S(=O)(=O)N(CC(C)C)CC(O)C(Cc3ccccc3)NC(=O)OCc3cncs3)cc2s1. The lowest BCUT2D eigenvalue weighted by Crippen LogP contribution is -2.51. The van der Waals surface area contributed by atoms with E-state index < -0.39 is 28.3 Å². The zero-order valence-corrected chi connectivity index (χ0v) is 26.8. The molecule has 43 heavy (non-hydrogen) atoms. The van der Waals surface area contributed by atoms with Crippen LogP contribution < -0.4 is 10.2 Å². The maximum absolute atomic E-state index is 14.0. The van der Waals surface area contributed by atoms with Crippen LogP contribution in [-0.4, -0.2) is 72.1 Å². The number of nitrogens with one attached hydrogen (secondary N) is 1. The van der Waals surface area contributed by atoms with E-state index in [1.807, 2.05) is 44.2 Å². The minimum absolute atomic E-state index is 0.0302. The van der Waals surface area contributed by atoms with Gasteiger partial charge in [0.15, 0.2) is 5.13 Å². The van der Waals surface area contributed by atoms with Crippen molar-refractivity contribution in [2.45, 2.75) is 50.8 Å². The predicted octanol–water partition coefficient (Wildman–Crippen LogP) is 4.28. The number of nitrogens with zero attached hydrogens (tertiary/aromatic N) is 4. The fraction of sp³-hybridized carbons (Fsp3) is 0.379. The van der Waals surface area contributed by atoms with E-state index in [0.29, 0.717) is 15.3 Å². The van der Waals surface area contributed by atoms with Crippen molar-refractivity contribution in [3.8, 4) is 0 Å². The van der Waals surface area contributed by atoms with Crippen LogP contribution in [0.4, 0.5) is 9.93 Å². The van der Waals surface area contributed by atoms with Gasteiger partial charge in [0, 0.05) is 33.3 Å². The topological polar surface area (TPSA) is 142 Å². The van der Waals surface area contributed by atoms with Crippen molar-refractivity contribution in [1.29, 1.82) is 0 Å². The number of benzene rings is 2. The summed E-state index contributed by atoms with van der Waals surface area (Å²) in [6, 6.07) is 13.1. The van der Waals surface area contributed by atoms with E-state index in [2.05, 4.69) is 15.3 Å². The first-order valence-electron chi connectivity index (χ1n) is 13.6. The van der Waals surface area contributed by atoms with Crippen molar-refractivity contribution in [2.24, 2.45) is 5.92 Å². The molecule has 0 aliphatic carbocycles. The first kappa shape index (κ1) is 32.5. The van der Waals surface area contributed by atoms with Crippen molar-refractivity contribution in [3.63, 3.8) is 0 Å². The molecular formula is C29H35N5O6S3. The van der Waals surface area contributed by atoms with E-state index >= 15 is 0 Å². The van der Waals surface area contributed by atoms with Crippen LogP contribution >= 0.6 is 22.7 Å². The first-order chi connectivity index (χ1) is 20.4.